The van der Waals surface area contributed by atoms with E-state index in [-0.39, 0.29) is 23.0 Å². The maximum absolute atomic E-state index is 13.6. The number of ether oxygens (including phenoxy) is 1. The van der Waals surface area contributed by atoms with Gasteiger partial charge < -0.3 is 9.84 Å². The Balaban J connectivity index is 3.04. The van der Waals surface area contributed by atoms with E-state index in [1.165, 1.54) is 13.2 Å². The van der Waals surface area contributed by atoms with Crippen molar-refractivity contribution in [3.63, 3.8) is 0 Å². The summed E-state index contributed by atoms with van der Waals surface area (Å²) in [6.45, 7) is 3.55. The standard InChI is InChI=1S/C13H18FNO5S/c1-8(2)6-11(13(16)17)15-21(18,19)9-4-5-12(20-3)10(14)7-9/h4-5,7-8,11,15H,6H2,1-3H3,(H,16,17)/t11-/m0/s1. The molecular formula is C13H18FNO5S. The summed E-state index contributed by atoms with van der Waals surface area (Å²) in [4.78, 5) is 10.7. The largest absolute Gasteiger partial charge is 0.494 e. The molecule has 2 N–H and O–H groups in total. The Hall–Kier alpha value is -1.67. The molecule has 0 amide bonds. The summed E-state index contributed by atoms with van der Waals surface area (Å²) in [7, 11) is -2.87. The molecule has 1 rings (SSSR count). The van der Waals surface area contributed by atoms with Crippen LogP contribution in [0.15, 0.2) is 23.1 Å². The van der Waals surface area contributed by atoms with Gasteiger partial charge >= 0.3 is 5.97 Å². The van der Waals surface area contributed by atoms with Crippen molar-refractivity contribution in [3.05, 3.63) is 24.0 Å². The van der Waals surface area contributed by atoms with Crippen molar-refractivity contribution in [2.45, 2.75) is 31.2 Å². The van der Waals surface area contributed by atoms with Gasteiger partial charge in [-0.2, -0.15) is 4.72 Å². The van der Waals surface area contributed by atoms with Crippen molar-refractivity contribution in [2.75, 3.05) is 7.11 Å². The first kappa shape index (κ1) is 17.4. The van der Waals surface area contributed by atoms with Crippen molar-refractivity contribution in [2.24, 2.45) is 5.92 Å². The van der Waals surface area contributed by atoms with Crippen LogP contribution in [0.5, 0.6) is 5.75 Å². The van der Waals surface area contributed by atoms with Crippen LogP contribution in [0.2, 0.25) is 0 Å². The van der Waals surface area contributed by atoms with Gasteiger partial charge in [0, 0.05) is 0 Å². The molecule has 0 fully saturated rings. The summed E-state index contributed by atoms with van der Waals surface area (Å²) in [5, 5.41) is 9.05. The lowest BCUT2D eigenvalue weighted by Crippen LogP contribution is -2.41. The molecule has 0 unspecified atom stereocenters. The van der Waals surface area contributed by atoms with Crippen molar-refractivity contribution >= 4 is 16.0 Å². The van der Waals surface area contributed by atoms with Gasteiger partial charge in [0.15, 0.2) is 11.6 Å². The molecule has 0 heterocycles. The molecule has 21 heavy (non-hydrogen) atoms. The molecule has 118 valence electrons. The number of aliphatic carboxylic acids is 1. The number of hydrogen-bond acceptors (Lipinski definition) is 4. The first-order valence-electron chi connectivity index (χ1n) is 6.26. The summed E-state index contributed by atoms with van der Waals surface area (Å²) >= 11 is 0. The number of nitrogens with one attached hydrogen (secondary N) is 1. The minimum Gasteiger partial charge on any atom is -0.494 e. The van der Waals surface area contributed by atoms with Gasteiger partial charge in [-0.15, -0.1) is 0 Å². The smallest absolute Gasteiger partial charge is 0.321 e. The number of benzene rings is 1. The number of methoxy groups -OCH3 is 1. The number of sulfonamides is 1. The fraction of sp³-hybridized carbons (Fsp3) is 0.462. The maximum Gasteiger partial charge on any atom is 0.321 e. The molecule has 0 aliphatic heterocycles. The van der Waals surface area contributed by atoms with Crippen molar-refractivity contribution in [1.29, 1.82) is 0 Å². The molecule has 0 saturated heterocycles. The van der Waals surface area contributed by atoms with E-state index < -0.39 is 27.9 Å². The number of rotatable bonds is 7. The van der Waals surface area contributed by atoms with Crippen LogP contribution in [0, 0.1) is 11.7 Å². The fourth-order valence-electron chi connectivity index (χ4n) is 1.74. The first-order valence-corrected chi connectivity index (χ1v) is 7.74. The second-order valence-electron chi connectivity index (χ2n) is 4.94. The van der Waals surface area contributed by atoms with Gasteiger partial charge in [-0.25, -0.2) is 12.8 Å². The van der Waals surface area contributed by atoms with E-state index in [2.05, 4.69) is 4.72 Å². The van der Waals surface area contributed by atoms with E-state index >= 15 is 0 Å². The Labute approximate surface area is 123 Å². The van der Waals surface area contributed by atoms with Crippen LogP contribution in [0.4, 0.5) is 4.39 Å². The lowest BCUT2D eigenvalue weighted by molar-refractivity contribution is -0.139. The first-order chi connectivity index (χ1) is 9.67. The van der Waals surface area contributed by atoms with Crippen molar-refractivity contribution < 1.29 is 27.4 Å². The highest BCUT2D eigenvalue weighted by atomic mass is 32.2. The monoisotopic (exact) mass is 319 g/mol. The van der Waals surface area contributed by atoms with Gasteiger partial charge in [0.2, 0.25) is 10.0 Å². The highest BCUT2D eigenvalue weighted by molar-refractivity contribution is 7.89. The Kier molecular flexibility index (Phi) is 5.68. The molecular weight excluding hydrogens is 301 g/mol. The molecule has 0 aliphatic rings. The topological polar surface area (TPSA) is 92.7 Å². The zero-order valence-corrected chi connectivity index (χ0v) is 12.8. The number of carboxylic acid groups (broad SMARTS) is 1. The zero-order chi connectivity index (χ0) is 16.2. The van der Waals surface area contributed by atoms with Crippen LogP contribution in [-0.2, 0) is 14.8 Å². The third kappa shape index (κ3) is 4.68. The lowest BCUT2D eigenvalue weighted by atomic mass is 10.1. The van der Waals surface area contributed by atoms with Crippen LogP contribution in [0.3, 0.4) is 0 Å². The SMILES string of the molecule is COc1ccc(S(=O)(=O)N[C@@H](CC(C)C)C(=O)O)cc1F. The van der Waals surface area contributed by atoms with Gasteiger partial charge in [-0.3, -0.25) is 4.79 Å². The maximum atomic E-state index is 13.6. The van der Waals surface area contributed by atoms with Crippen LogP contribution in [-0.4, -0.2) is 32.6 Å². The van der Waals surface area contributed by atoms with E-state index in [9.17, 15) is 17.6 Å². The predicted octanol–water partition coefficient (Wildman–Crippen LogP) is 1.61. The zero-order valence-electron chi connectivity index (χ0n) is 12.0. The average Bonchev–Trinajstić information content (AvgIpc) is 2.36. The summed E-state index contributed by atoms with van der Waals surface area (Å²) in [6.07, 6.45) is 0.132. The molecule has 0 aliphatic carbocycles. The quantitative estimate of drug-likeness (QED) is 0.796. The minimum atomic E-state index is -4.12. The Morgan fingerprint density at radius 3 is 2.48 bits per heavy atom. The highest BCUT2D eigenvalue weighted by Crippen LogP contribution is 2.21. The molecule has 0 radical (unpaired) electrons. The molecule has 0 spiro atoms. The highest BCUT2D eigenvalue weighted by Gasteiger charge is 2.26. The van der Waals surface area contributed by atoms with Crippen LogP contribution < -0.4 is 9.46 Å². The lowest BCUT2D eigenvalue weighted by Gasteiger charge is -2.16. The number of hydrogen-bond donors (Lipinski definition) is 2. The Morgan fingerprint density at radius 2 is 2.05 bits per heavy atom. The van der Waals surface area contributed by atoms with Crippen LogP contribution in [0.25, 0.3) is 0 Å². The van der Waals surface area contributed by atoms with Gasteiger partial charge in [-0.1, -0.05) is 13.8 Å². The minimum absolute atomic E-state index is 0.0126. The number of carboxylic acids is 1. The molecule has 0 aromatic heterocycles. The summed E-state index contributed by atoms with van der Waals surface area (Å²) < 4.78 is 44.5. The van der Waals surface area contributed by atoms with Gasteiger partial charge in [0.05, 0.1) is 12.0 Å². The molecule has 1 aromatic rings. The van der Waals surface area contributed by atoms with E-state index in [1.54, 1.807) is 13.8 Å². The van der Waals surface area contributed by atoms with Gasteiger partial charge in [0.1, 0.15) is 6.04 Å². The Bertz CT molecular complexity index is 615. The van der Waals surface area contributed by atoms with Crippen molar-refractivity contribution in [1.82, 2.24) is 4.72 Å². The summed E-state index contributed by atoms with van der Waals surface area (Å²) in [6, 6.07) is 1.84. The predicted molar refractivity (Wildman–Crippen MR) is 74.2 cm³/mol. The number of carbonyl (C=O) groups is 1. The molecule has 8 heteroatoms. The molecule has 6 nitrogen and oxygen atoms in total. The van der Waals surface area contributed by atoms with Gasteiger partial charge in [-0.05, 0) is 30.5 Å². The summed E-state index contributed by atoms with van der Waals surface area (Å²) in [5.41, 5.74) is 0. The van der Waals surface area contributed by atoms with E-state index in [0.717, 1.165) is 12.1 Å². The average molecular weight is 319 g/mol. The van der Waals surface area contributed by atoms with E-state index in [4.69, 9.17) is 9.84 Å². The molecule has 0 bridgehead atoms. The summed E-state index contributed by atoms with van der Waals surface area (Å²) in [5.74, 6) is -2.22. The van der Waals surface area contributed by atoms with Crippen LogP contribution in [0.1, 0.15) is 20.3 Å². The van der Waals surface area contributed by atoms with Gasteiger partial charge in [0.25, 0.3) is 0 Å². The van der Waals surface area contributed by atoms with Crippen molar-refractivity contribution in [3.8, 4) is 5.75 Å². The fourth-order valence-corrected chi connectivity index (χ4v) is 2.95. The second kappa shape index (κ2) is 6.86. The molecule has 1 aromatic carbocycles. The van der Waals surface area contributed by atoms with E-state index in [1.807, 2.05) is 0 Å². The Morgan fingerprint density at radius 1 is 1.43 bits per heavy atom. The van der Waals surface area contributed by atoms with Crippen LogP contribution >= 0.6 is 0 Å². The third-order valence-electron chi connectivity index (χ3n) is 2.74. The second-order valence-corrected chi connectivity index (χ2v) is 6.65. The van der Waals surface area contributed by atoms with E-state index in [0.29, 0.717) is 0 Å². The molecule has 1 atom stereocenters. The third-order valence-corrected chi connectivity index (χ3v) is 4.21. The number of halogens is 1. The normalized spacial score (nSPS) is 13.2. The molecule has 0 saturated carbocycles.